The summed E-state index contributed by atoms with van der Waals surface area (Å²) in [6, 6.07) is 16.5. The summed E-state index contributed by atoms with van der Waals surface area (Å²) in [5.41, 5.74) is 3.43. The number of unbranched alkanes of at least 4 members (excludes halogenated alkanes) is 2. The van der Waals surface area contributed by atoms with E-state index in [1.54, 1.807) is 0 Å². The Morgan fingerprint density at radius 3 is 2.65 bits per heavy atom. The van der Waals surface area contributed by atoms with Gasteiger partial charge in [-0.1, -0.05) is 43.2 Å². The number of carbonyl (C=O) groups excluding carboxylic acids is 1. The van der Waals surface area contributed by atoms with Gasteiger partial charge in [0.1, 0.15) is 11.6 Å². The van der Waals surface area contributed by atoms with Crippen molar-refractivity contribution in [3.8, 4) is 5.75 Å². The van der Waals surface area contributed by atoms with E-state index in [1.165, 1.54) is 5.56 Å². The lowest BCUT2D eigenvalue weighted by atomic mass is 10.1. The van der Waals surface area contributed by atoms with Gasteiger partial charge in [0.25, 0.3) is 0 Å². The van der Waals surface area contributed by atoms with Gasteiger partial charge in [-0.2, -0.15) is 0 Å². The van der Waals surface area contributed by atoms with Crippen LogP contribution in [0.1, 0.15) is 56.3 Å². The third-order valence-corrected chi connectivity index (χ3v) is 6.11. The van der Waals surface area contributed by atoms with Gasteiger partial charge in [0.15, 0.2) is 0 Å². The lowest BCUT2D eigenvalue weighted by Crippen LogP contribution is -2.26. The molecule has 31 heavy (non-hydrogen) atoms. The summed E-state index contributed by atoms with van der Waals surface area (Å²) < 4.78 is 8.22. The quantitative estimate of drug-likeness (QED) is 0.418. The van der Waals surface area contributed by atoms with Crippen LogP contribution >= 0.6 is 0 Å². The first-order chi connectivity index (χ1) is 15.2. The Labute approximate surface area is 185 Å². The van der Waals surface area contributed by atoms with Gasteiger partial charge in [-0.25, -0.2) is 4.98 Å². The van der Waals surface area contributed by atoms with Crippen LogP contribution in [0.3, 0.4) is 0 Å². The zero-order valence-electron chi connectivity index (χ0n) is 18.7. The van der Waals surface area contributed by atoms with E-state index in [4.69, 9.17) is 9.72 Å². The SMILES string of the molecule is CCCCN1C[C@H](c2nc3ccccc3n2CCCCOc2ccc(C)cc2)CC1=O. The number of para-hydroxylation sites is 2. The largest absolute Gasteiger partial charge is 0.494 e. The molecule has 3 aromatic rings. The monoisotopic (exact) mass is 419 g/mol. The number of benzene rings is 2. The number of imidazole rings is 1. The normalized spacial score (nSPS) is 16.4. The predicted molar refractivity (Wildman–Crippen MR) is 124 cm³/mol. The molecule has 0 saturated carbocycles. The van der Waals surface area contributed by atoms with E-state index < -0.39 is 0 Å². The molecule has 0 aliphatic carbocycles. The number of carbonyl (C=O) groups is 1. The first kappa shape index (κ1) is 21.4. The minimum absolute atomic E-state index is 0.181. The fourth-order valence-corrected chi connectivity index (χ4v) is 4.35. The summed E-state index contributed by atoms with van der Waals surface area (Å²) in [4.78, 5) is 19.5. The highest BCUT2D eigenvalue weighted by Gasteiger charge is 2.33. The van der Waals surface area contributed by atoms with Gasteiger partial charge >= 0.3 is 0 Å². The van der Waals surface area contributed by atoms with Crippen molar-refractivity contribution >= 4 is 16.9 Å². The van der Waals surface area contributed by atoms with Gasteiger partial charge < -0.3 is 14.2 Å². The fraction of sp³-hybridized carbons (Fsp3) is 0.462. The number of amides is 1. The van der Waals surface area contributed by atoms with Crippen LogP contribution in [0, 0.1) is 6.92 Å². The Balaban J connectivity index is 1.41. The number of aromatic nitrogens is 2. The average Bonchev–Trinajstić information content (AvgIpc) is 3.33. The van der Waals surface area contributed by atoms with E-state index in [1.807, 2.05) is 23.1 Å². The van der Waals surface area contributed by atoms with Gasteiger partial charge in [-0.05, 0) is 50.5 Å². The molecule has 1 fully saturated rings. The topological polar surface area (TPSA) is 47.4 Å². The van der Waals surface area contributed by atoms with E-state index in [0.717, 1.165) is 67.9 Å². The second-order valence-electron chi connectivity index (χ2n) is 8.57. The lowest BCUT2D eigenvalue weighted by Gasteiger charge is -2.17. The Kier molecular flexibility index (Phi) is 6.90. The lowest BCUT2D eigenvalue weighted by molar-refractivity contribution is -0.127. The molecule has 0 N–H and O–H groups in total. The zero-order chi connectivity index (χ0) is 21.6. The van der Waals surface area contributed by atoms with Crippen molar-refractivity contribution in [2.45, 2.75) is 58.4 Å². The predicted octanol–water partition coefficient (Wildman–Crippen LogP) is 5.32. The van der Waals surface area contributed by atoms with Crippen molar-refractivity contribution < 1.29 is 9.53 Å². The molecule has 2 aromatic carbocycles. The van der Waals surface area contributed by atoms with Crippen LogP contribution < -0.4 is 4.74 Å². The molecule has 1 atom stereocenters. The van der Waals surface area contributed by atoms with E-state index in [9.17, 15) is 4.79 Å². The summed E-state index contributed by atoms with van der Waals surface area (Å²) in [5, 5.41) is 0. The maximum Gasteiger partial charge on any atom is 0.223 e. The van der Waals surface area contributed by atoms with Crippen LogP contribution in [0.25, 0.3) is 11.0 Å². The minimum atomic E-state index is 0.181. The first-order valence-corrected chi connectivity index (χ1v) is 11.6. The standard InChI is InChI=1S/C26H33N3O2/c1-3-4-15-28-19-21(18-25(28)30)26-27-23-9-5-6-10-24(23)29(26)16-7-8-17-31-22-13-11-20(2)12-14-22/h5-6,9-14,21H,3-4,7-8,15-19H2,1-2H3/t21-/m1/s1. The summed E-state index contributed by atoms with van der Waals surface area (Å²) >= 11 is 0. The van der Waals surface area contributed by atoms with Gasteiger partial charge in [0.05, 0.1) is 17.6 Å². The third kappa shape index (κ3) is 5.09. The Hall–Kier alpha value is -2.82. The van der Waals surface area contributed by atoms with Crippen molar-refractivity contribution in [3.63, 3.8) is 0 Å². The molecule has 1 amide bonds. The Morgan fingerprint density at radius 1 is 1.03 bits per heavy atom. The van der Waals surface area contributed by atoms with Crippen molar-refractivity contribution in [3.05, 3.63) is 59.9 Å². The molecule has 1 aliphatic rings. The summed E-state index contributed by atoms with van der Waals surface area (Å²) in [6.07, 6.45) is 4.74. The Bertz CT molecular complexity index is 1010. The molecular weight excluding hydrogens is 386 g/mol. The zero-order valence-corrected chi connectivity index (χ0v) is 18.7. The average molecular weight is 420 g/mol. The van der Waals surface area contributed by atoms with Crippen LogP contribution in [0.2, 0.25) is 0 Å². The van der Waals surface area contributed by atoms with Crippen LogP contribution in [0.15, 0.2) is 48.5 Å². The van der Waals surface area contributed by atoms with E-state index in [-0.39, 0.29) is 11.8 Å². The number of ether oxygens (including phenoxy) is 1. The molecule has 5 heteroatoms. The van der Waals surface area contributed by atoms with Crippen molar-refractivity contribution in [1.82, 2.24) is 14.5 Å². The number of fused-ring (bicyclic) bond motifs is 1. The number of aryl methyl sites for hydroxylation is 2. The number of rotatable bonds is 10. The summed E-state index contributed by atoms with van der Waals surface area (Å²) in [7, 11) is 0. The van der Waals surface area contributed by atoms with Crippen LogP contribution in [-0.4, -0.2) is 40.1 Å². The molecule has 2 heterocycles. The second-order valence-corrected chi connectivity index (χ2v) is 8.57. The maximum atomic E-state index is 12.5. The van der Waals surface area contributed by atoms with E-state index in [0.29, 0.717) is 13.0 Å². The first-order valence-electron chi connectivity index (χ1n) is 11.6. The highest BCUT2D eigenvalue weighted by molar-refractivity contribution is 5.80. The molecule has 0 spiro atoms. The van der Waals surface area contributed by atoms with Crippen molar-refractivity contribution in [2.75, 3.05) is 19.7 Å². The van der Waals surface area contributed by atoms with Gasteiger partial charge in [0, 0.05) is 32.0 Å². The van der Waals surface area contributed by atoms with Gasteiger partial charge in [0.2, 0.25) is 5.91 Å². The van der Waals surface area contributed by atoms with Gasteiger partial charge in [-0.3, -0.25) is 4.79 Å². The molecule has 164 valence electrons. The maximum absolute atomic E-state index is 12.5. The second kappa shape index (κ2) is 9.99. The number of nitrogens with zero attached hydrogens (tertiary/aromatic N) is 3. The molecule has 0 radical (unpaired) electrons. The Morgan fingerprint density at radius 2 is 1.84 bits per heavy atom. The molecule has 4 rings (SSSR count). The molecule has 1 aliphatic heterocycles. The molecule has 5 nitrogen and oxygen atoms in total. The molecule has 1 aromatic heterocycles. The van der Waals surface area contributed by atoms with Crippen LogP contribution in [0.4, 0.5) is 0 Å². The summed E-state index contributed by atoms with van der Waals surface area (Å²) in [5.74, 6) is 2.44. The molecule has 0 unspecified atom stereocenters. The summed E-state index contributed by atoms with van der Waals surface area (Å²) in [6.45, 7) is 7.50. The van der Waals surface area contributed by atoms with Crippen LogP contribution in [0.5, 0.6) is 5.75 Å². The minimum Gasteiger partial charge on any atom is -0.494 e. The molecule has 1 saturated heterocycles. The van der Waals surface area contributed by atoms with Crippen molar-refractivity contribution in [1.29, 1.82) is 0 Å². The number of hydrogen-bond acceptors (Lipinski definition) is 3. The smallest absolute Gasteiger partial charge is 0.223 e. The highest BCUT2D eigenvalue weighted by atomic mass is 16.5. The van der Waals surface area contributed by atoms with Gasteiger partial charge in [-0.15, -0.1) is 0 Å². The highest BCUT2D eigenvalue weighted by Crippen LogP contribution is 2.31. The van der Waals surface area contributed by atoms with Crippen LogP contribution in [-0.2, 0) is 11.3 Å². The van der Waals surface area contributed by atoms with E-state index in [2.05, 4.69) is 48.7 Å². The fourth-order valence-electron chi connectivity index (χ4n) is 4.35. The van der Waals surface area contributed by atoms with E-state index >= 15 is 0 Å². The number of hydrogen-bond donors (Lipinski definition) is 0. The van der Waals surface area contributed by atoms with Crippen molar-refractivity contribution in [2.24, 2.45) is 0 Å². The number of likely N-dealkylation sites (tertiary alicyclic amines) is 1. The third-order valence-electron chi connectivity index (χ3n) is 6.11. The molecular formula is C26H33N3O2. The molecule has 0 bridgehead atoms.